The van der Waals surface area contributed by atoms with E-state index in [-0.39, 0.29) is 5.69 Å². The summed E-state index contributed by atoms with van der Waals surface area (Å²) in [6.45, 7) is 0. The highest BCUT2D eigenvalue weighted by Crippen LogP contribution is 2.19. The van der Waals surface area contributed by atoms with Crippen LogP contribution in [0.25, 0.3) is 10.9 Å². The Morgan fingerprint density at radius 2 is 2.36 bits per heavy atom. The molecule has 0 aromatic carbocycles. The minimum Gasteiger partial charge on any atom is -0.464 e. The van der Waals surface area contributed by atoms with Gasteiger partial charge in [-0.05, 0) is 12.1 Å². The maximum absolute atomic E-state index is 11.3. The predicted molar refractivity (Wildman–Crippen MR) is 52.3 cm³/mol. The maximum Gasteiger partial charge on any atom is 0.357 e. The van der Waals surface area contributed by atoms with Gasteiger partial charge in [-0.25, -0.2) is 9.78 Å². The second kappa shape index (κ2) is 3.31. The van der Waals surface area contributed by atoms with Crippen molar-refractivity contribution in [3.05, 3.63) is 30.2 Å². The molecule has 0 unspecified atom stereocenters. The number of esters is 1. The summed E-state index contributed by atoms with van der Waals surface area (Å²) in [4.78, 5) is 15.2. The third-order valence-corrected chi connectivity index (χ3v) is 2.24. The highest BCUT2D eigenvalue weighted by atomic mass is 35.5. The lowest BCUT2D eigenvalue weighted by Crippen LogP contribution is -2.04. The minimum absolute atomic E-state index is 0.282. The summed E-state index contributed by atoms with van der Waals surface area (Å²) < 4.78 is 6.01. The summed E-state index contributed by atoms with van der Waals surface area (Å²) in [5.41, 5.74) is 1.02. The number of pyridine rings is 1. The van der Waals surface area contributed by atoms with Crippen LogP contribution >= 0.6 is 11.8 Å². The molecule has 0 N–H and O–H groups in total. The lowest BCUT2D eigenvalue weighted by atomic mass is 10.2. The van der Waals surface area contributed by atoms with Crippen molar-refractivity contribution in [1.29, 1.82) is 0 Å². The number of aromatic nitrogens is 2. The molecule has 0 atom stereocenters. The molecule has 0 amide bonds. The van der Waals surface area contributed by atoms with Crippen LogP contribution in [0.2, 0.25) is 0 Å². The van der Waals surface area contributed by atoms with Gasteiger partial charge in [0.1, 0.15) is 0 Å². The van der Waals surface area contributed by atoms with Gasteiger partial charge in [0.15, 0.2) is 5.69 Å². The summed E-state index contributed by atoms with van der Waals surface area (Å²) in [5, 5.41) is 0.689. The SMILES string of the molecule is COC(=O)c1nccc2c1ccn2Cl. The number of methoxy groups -OCH3 is 1. The van der Waals surface area contributed by atoms with Crippen molar-refractivity contribution in [2.75, 3.05) is 7.11 Å². The van der Waals surface area contributed by atoms with Crippen molar-refractivity contribution in [3.8, 4) is 0 Å². The van der Waals surface area contributed by atoms with E-state index in [0.29, 0.717) is 5.39 Å². The fourth-order valence-corrected chi connectivity index (χ4v) is 1.50. The van der Waals surface area contributed by atoms with Crippen LogP contribution in [0, 0.1) is 0 Å². The number of carbonyl (C=O) groups is 1. The number of halogens is 1. The van der Waals surface area contributed by atoms with Crippen LogP contribution in [-0.2, 0) is 4.74 Å². The predicted octanol–water partition coefficient (Wildman–Crippen LogP) is 1.82. The van der Waals surface area contributed by atoms with E-state index in [2.05, 4.69) is 9.72 Å². The molecule has 0 fully saturated rings. The highest BCUT2D eigenvalue weighted by molar-refractivity contribution is 6.20. The van der Waals surface area contributed by atoms with Crippen molar-refractivity contribution in [1.82, 2.24) is 9.07 Å². The Morgan fingerprint density at radius 3 is 3.07 bits per heavy atom. The van der Waals surface area contributed by atoms with Crippen LogP contribution in [0.5, 0.6) is 0 Å². The van der Waals surface area contributed by atoms with Crippen molar-refractivity contribution in [2.45, 2.75) is 0 Å². The molecular formula is C9H7ClN2O2. The van der Waals surface area contributed by atoms with E-state index in [0.717, 1.165) is 5.52 Å². The van der Waals surface area contributed by atoms with Gasteiger partial charge in [0.2, 0.25) is 0 Å². The Kier molecular flexibility index (Phi) is 2.13. The van der Waals surface area contributed by atoms with Gasteiger partial charge in [-0.2, -0.15) is 0 Å². The molecular weight excluding hydrogens is 204 g/mol. The van der Waals surface area contributed by atoms with E-state index in [1.807, 2.05) is 0 Å². The Labute approximate surface area is 85.2 Å². The van der Waals surface area contributed by atoms with Gasteiger partial charge in [-0.15, -0.1) is 0 Å². The third-order valence-electron chi connectivity index (χ3n) is 1.95. The number of nitrogens with zero attached hydrogens (tertiary/aromatic N) is 2. The van der Waals surface area contributed by atoms with E-state index in [4.69, 9.17) is 11.8 Å². The molecule has 2 aromatic rings. The number of carbonyl (C=O) groups excluding carboxylic acids is 1. The van der Waals surface area contributed by atoms with E-state index in [1.165, 1.54) is 17.4 Å². The molecule has 0 saturated heterocycles. The molecule has 0 radical (unpaired) electrons. The summed E-state index contributed by atoms with van der Waals surface area (Å²) in [7, 11) is 1.32. The monoisotopic (exact) mass is 210 g/mol. The molecule has 2 rings (SSSR count). The Hall–Kier alpha value is -1.55. The number of hydrogen-bond acceptors (Lipinski definition) is 3. The lowest BCUT2D eigenvalue weighted by Gasteiger charge is -1.99. The summed E-state index contributed by atoms with van der Waals surface area (Å²) >= 11 is 5.83. The van der Waals surface area contributed by atoms with E-state index < -0.39 is 5.97 Å². The average molecular weight is 211 g/mol. The molecule has 0 aliphatic heterocycles. The maximum atomic E-state index is 11.3. The molecule has 0 saturated carbocycles. The average Bonchev–Trinajstić information content (AvgIpc) is 2.59. The standard InChI is InChI=1S/C9H7ClN2O2/c1-14-9(13)8-6-3-5-12(10)7(6)2-4-11-8/h2-5H,1H3. The number of rotatable bonds is 1. The first-order valence-electron chi connectivity index (χ1n) is 3.94. The van der Waals surface area contributed by atoms with Gasteiger partial charge in [0.25, 0.3) is 0 Å². The second-order valence-electron chi connectivity index (χ2n) is 2.71. The number of hydrogen-bond donors (Lipinski definition) is 0. The zero-order chi connectivity index (χ0) is 10.1. The molecule has 2 heterocycles. The fraction of sp³-hybridized carbons (Fsp3) is 0.111. The minimum atomic E-state index is -0.460. The summed E-state index contributed by atoms with van der Waals surface area (Å²) in [6.07, 6.45) is 3.17. The Balaban J connectivity index is 2.71. The second-order valence-corrected chi connectivity index (χ2v) is 3.08. The first-order chi connectivity index (χ1) is 6.74. The molecule has 5 heteroatoms. The van der Waals surface area contributed by atoms with Gasteiger partial charge >= 0.3 is 5.97 Å². The van der Waals surface area contributed by atoms with Gasteiger partial charge in [-0.3, -0.25) is 4.09 Å². The van der Waals surface area contributed by atoms with E-state index in [1.54, 1.807) is 18.3 Å². The number of fused-ring (bicyclic) bond motifs is 1. The zero-order valence-electron chi connectivity index (χ0n) is 7.40. The molecule has 2 aromatic heterocycles. The van der Waals surface area contributed by atoms with Crippen LogP contribution in [0.4, 0.5) is 0 Å². The van der Waals surface area contributed by atoms with Crippen molar-refractivity contribution < 1.29 is 9.53 Å². The largest absolute Gasteiger partial charge is 0.464 e. The Morgan fingerprint density at radius 1 is 1.57 bits per heavy atom. The topological polar surface area (TPSA) is 44.1 Å². The van der Waals surface area contributed by atoms with E-state index >= 15 is 0 Å². The lowest BCUT2D eigenvalue weighted by molar-refractivity contribution is 0.0596. The zero-order valence-corrected chi connectivity index (χ0v) is 8.15. The molecule has 0 bridgehead atoms. The van der Waals surface area contributed by atoms with Crippen molar-refractivity contribution in [2.24, 2.45) is 0 Å². The van der Waals surface area contributed by atoms with Crippen LogP contribution in [0.3, 0.4) is 0 Å². The summed E-state index contributed by atoms with van der Waals surface area (Å²) in [6, 6.07) is 3.45. The quantitative estimate of drug-likeness (QED) is 0.675. The van der Waals surface area contributed by atoms with Crippen LogP contribution in [0.15, 0.2) is 24.5 Å². The van der Waals surface area contributed by atoms with Gasteiger partial charge in [0, 0.05) is 29.6 Å². The smallest absolute Gasteiger partial charge is 0.357 e. The molecule has 4 nitrogen and oxygen atoms in total. The van der Waals surface area contributed by atoms with Crippen LogP contribution < -0.4 is 0 Å². The molecule has 72 valence electrons. The first kappa shape index (κ1) is 9.02. The summed E-state index contributed by atoms with van der Waals surface area (Å²) in [5.74, 6) is -0.460. The normalized spacial score (nSPS) is 10.4. The van der Waals surface area contributed by atoms with Gasteiger partial charge in [-0.1, -0.05) is 0 Å². The first-order valence-corrected chi connectivity index (χ1v) is 4.28. The molecule has 0 aliphatic rings. The highest BCUT2D eigenvalue weighted by Gasteiger charge is 2.13. The van der Waals surface area contributed by atoms with Crippen molar-refractivity contribution >= 4 is 28.6 Å². The Bertz CT molecular complexity index is 493. The third kappa shape index (κ3) is 1.24. The van der Waals surface area contributed by atoms with E-state index in [9.17, 15) is 4.79 Å². The van der Waals surface area contributed by atoms with Crippen molar-refractivity contribution in [3.63, 3.8) is 0 Å². The molecule has 0 aliphatic carbocycles. The van der Waals surface area contributed by atoms with Gasteiger partial charge in [0.05, 0.1) is 12.6 Å². The number of ether oxygens (including phenoxy) is 1. The fourth-order valence-electron chi connectivity index (χ4n) is 1.29. The van der Waals surface area contributed by atoms with Crippen LogP contribution in [-0.4, -0.2) is 22.1 Å². The van der Waals surface area contributed by atoms with Crippen LogP contribution in [0.1, 0.15) is 10.5 Å². The van der Waals surface area contributed by atoms with Gasteiger partial charge < -0.3 is 4.74 Å². The molecule has 0 spiro atoms. The molecule has 14 heavy (non-hydrogen) atoms.